The Bertz CT molecular complexity index is 125. The molecule has 0 spiro atoms. The minimum Gasteiger partial charge on any atom is -0.416 e. The van der Waals surface area contributed by atoms with Crippen molar-refractivity contribution in [3.63, 3.8) is 0 Å². The number of rotatable bonds is 2. The maximum atomic E-state index is 5.82. The molecule has 3 heteroatoms. The summed E-state index contributed by atoms with van der Waals surface area (Å²) in [5.41, 5.74) is 0.156. The summed E-state index contributed by atoms with van der Waals surface area (Å²) >= 11 is 0. The minimum absolute atomic E-state index is 0.0439. The third-order valence-electron chi connectivity index (χ3n) is 2.21. The van der Waals surface area contributed by atoms with E-state index in [1.807, 2.05) is 0 Å². The average Bonchev–Trinajstić information content (AvgIpc) is 1.56. The molecule has 0 unspecified atom stereocenters. The minimum atomic E-state index is -0.768. The van der Waals surface area contributed by atoms with Crippen LogP contribution in [0.25, 0.3) is 0 Å². The first kappa shape index (κ1) is 11.4. The van der Waals surface area contributed by atoms with Crippen molar-refractivity contribution in [1.82, 2.24) is 0 Å². The Hall–Kier alpha value is 0.394. The first-order chi connectivity index (χ1) is 4.67. The highest BCUT2D eigenvalue weighted by Gasteiger charge is 2.34. The molecule has 0 amide bonds. The molecule has 0 aromatic rings. The quantitative estimate of drug-likeness (QED) is 0.600. The van der Waals surface area contributed by atoms with E-state index in [4.69, 9.17) is 4.43 Å². The molecule has 0 rings (SSSR count). The van der Waals surface area contributed by atoms with Gasteiger partial charge in [-0.15, -0.1) is 0 Å². The van der Waals surface area contributed by atoms with Crippen LogP contribution >= 0.6 is 0 Å². The second-order valence-corrected chi connectivity index (χ2v) is 7.85. The predicted octanol–water partition coefficient (Wildman–Crippen LogP) is 2.11. The van der Waals surface area contributed by atoms with Crippen molar-refractivity contribution in [3.8, 4) is 0 Å². The molecule has 0 fully saturated rings. The Morgan fingerprint density at radius 3 is 1.55 bits per heavy atom. The van der Waals surface area contributed by atoms with Gasteiger partial charge in [-0.05, 0) is 25.8 Å². The van der Waals surface area contributed by atoms with Gasteiger partial charge in [0.25, 0.3) is 0 Å². The first-order valence-corrected chi connectivity index (χ1v) is 7.32. The van der Waals surface area contributed by atoms with Crippen LogP contribution in [0.5, 0.6) is 0 Å². The smallest absolute Gasteiger partial charge is 0.184 e. The third kappa shape index (κ3) is 3.53. The molecule has 0 aliphatic carbocycles. The highest BCUT2D eigenvalue weighted by Crippen LogP contribution is 2.32. The molecule has 0 N–H and O–H groups in total. The first-order valence-electron chi connectivity index (χ1n) is 3.91. The van der Waals surface area contributed by atoms with Crippen molar-refractivity contribution in [2.45, 2.75) is 46.8 Å². The van der Waals surface area contributed by atoms with Gasteiger partial charge in [-0.25, -0.2) is 0 Å². The largest absolute Gasteiger partial charge is 0.416 e. The lowest BCUT2D eigenvalue weighted by atomic mass is 9.79. The SMILES string of the molecule is C[Si]([Si])OC(C)(C)C(C)(C)C. The Morgan fingerprint density at radius 1 is 1.09 bits per heavy atom. The maximum Gasteiger partial charge on any atom is 0.184 e. The molecular formula is C8H18OSi2. The summed E-state index contributed by atoms with van der Waals surface area (Å²) < 4.78 is 5.82. The van der Waals surface area contributed by atoms with Crippen molar-refractivity contribution < 1.29 is 4.43 Å². The van der Waals surface area contributed by atoms with E-state index in [1.54, 1.807) is 0 Å². The predicted molar refractivity (Wildman–Crippen MR) is 52.0 cm³/mol. The number of hydrogen-bond acceptors (Lipinski definition) is 1. The van der Waals surface area contributed by atoms with E-state index in [0.717, 1.165) is 0 Å². The molecule has 0 atom stereocenters. The van der Waals surface area contributed by atoms with Gasteiger partial charge in [-0.3, -0.25) is 0 Å². The summed E-state index contributed by atoms with van der Waals surface area (Å²) in [6.07, 6.45) is 0. The van der Waals surface area contributed by atoms with E-state index in [2.05, 4.69) is 50.9 Å². The summed E-state index contributed by atoms with van der Waals surface area (Å²) in [4.78, 5) is 0. The molecule has 0 aromatic carbocycles. The van der Waals surface area contributed by atoms with Crippen molar-refractivity contribution >= 4 is 18.3 Å². The van der Waals surface area contributed by atoms with Gasteiger partial charge in [-0.1, -0.05) is 20.8 Å². The summed E-state index contributed by atoms with van der Waals surface area (Å²) in [5.74, 6) is 0. The van der Waals surface area contributed by atoms with Crippen LogP contribution in [0.1, 0.15) is 34.6 Å². The topological polar surface area (TPSA) is 9.23 Å². The highest BCUT2D eigenvalue weighted by molar-refractivity contribution is 6.98. The van der Waals surface area contributed by atoms with Crippen LogP contribution in [0, 0.1) is 5.41 Å². The molecule has 0 saturated heterocycles. The zero-order chi connectivity index (χ0) is 9.28. The fraction of sp³-hybridized carbons (Fsp3) is 1.00. The Balaban J connectivity index is 4.22. The molecule has 1 nitrogen and oxygen atoms in total. The Labute approximate surface area is 75.5 Å². The lowest BCUT2D eigenvalue weighted by molar-refractivity contribution is 0.00180. The molecule has 0 saturated carbocycles. The van der Waals surface area contributed by atoms with Gasteiger partial charge in [-0.2, -0.15) is 0 Å². The summed E-state index contributed by atoms with van der Waals surface area (Å²) in [7, 11) is 2.76. The van der Waals surface area contributed by atoms with E-state index >= 15 is 0 Å². The van der Waals surface area contributed by atoms with Crippen molar-refractivity contribution in [1.29, 1.82) is 0 Å². The Morgan fingerprint density at radius 2 is 1.45 bits per heavy atom. The van der Waals surface area contributed by atoms with Crippen molar-refractivity contribution in [2.24, 2.45) is 5.41 Å². The van der Waals surface area contributed by atoms with Gasteiger partial charge in [0.15, 0.2) is 8.56 Å². The normalized spacial score (nSPS) is 14.2. The zero-order valence-corrected chi connectivity index (χ0v) is 10.4. The molecule has 0 aliphatic heterocycles. The van der Waals surface area contributed by atoms with Crippen LogP contribution in [-0.4, -0.2) is 23.9 Å². The zero-order valence-electron chi connectivity index (χ0n) is 8.41. The molecule has 0 heterocycles. The molecular weight excluding hydrogens is 168 g/mol. The molecule has 0 aliphatic rings. The van der Waals surface area contributed by atoms with E-state index < -0.39 is 8.56 Å². The monoisotopic (exact) mass is 186 g/mol. The van der Waals surface area contributed by atoms with Crippen LogP contribution in [0.3, 0.4) is 0 Å². The second kappa shape index (κ2) is 3.41. The van der Waals surface area contributed by atoms with E-state index in [0.29, 0.717) is 0 Å². The fourth-order valence-electron chi connectivity index (χ4n) is 0.536. The van der Waals surface area contributed by atoms with Gasteiger partial charge in [0, 0.05) is 9.76 Å². The number of hydrogen-bond donors (Lipinski definition) is 0. The summed E-state index contributed by atoms with van der Waals surface area (Å²) in [6.45, 7) is 13.0. The van der Waals surface area contributed by atoms with Crippen LogP contribution < -0.4 is 0 Å². The molecule has 64 valence electrons. The molecule has 4 radical (unpaired) electrons. The van der Waals surface area contributed by atoms with Gasteiger partial charge in [0.05, 0.1) is 5.60 Å². The van der Waals surface area contributed by atoms with Crippen molar-refractivity contribution in [3.05, 3.63) is 0 Å². The lowest BCUT2D eigenvalue weighted by Gasteiger charge is -2.40. The van der Waals surface area contributed by atoms with Gasteiger partial charge >= 0.3 is 0 Å². The summed E-state index contributed by atoms with van der Waals surface area (Å²) in [5, 5.41) is 0. The van der Waals surface area contributed by atoms with E-state index in [-0.39, 0.29) is 11.0 Å². The Kier molecular flexibility index (Phi) is 3.53. The summed E-state index contributed by atoms with van der Waals surface area (Å²) in [6, 6.07) is 0. The van der Waals surface area contributed by atoms with Gasteiger partial charge in [0.1, 0.15) is 0 Å². The second-order valence-electron chi connectivity index (χ2n) is 4.42. The van der Waals surface area contributed by atoms with E-state index in [1.165, 1.54) is 0 Å². The molecule has 0 aromatic heterocycles. The lowest BCUT2D eigenvalue weighted by Crippen LogP contribution is -2.43. The highest BCUT2D eigenvalue weighted by atomic mass is 29.2. The van der Waals surface area contributed by atoms with Crippen LogP contribution in [0.15, 0.2) is 0 Å². The van der Waals surface area contributed by atoms with Gasteiger partial charge < -0.3 is 4.43 Å². The van der Waals surface area contributed by atoms with Crippen molar-refractivity contribution in [2.75, 3.05) is 0 Å². The fourth-order valence-corrected chi connectivity index (χ4v) is 2.37. The van der Waals surface area contributed by atoms with Crippen LogP contribution in [0.2, 0.25) is 6.55 Å². The van der Waals surface area contributed by atoms with E-state index in [9.17, 15) is 0 Å². The van der Waals surface area contributed by atoms with Gasteiger partial charge in [0.2, 0.25) is 0 Å². The average molecular weight is 186 g/mol. The molecule has 0 bridgehead atoms. The molecule has 11 heavy (non-hydrogen) atoms. The van der Waals surface area contributed by atoms with Crippen LogP contribution in [-0.2, 0) is 4.43 Å². The standard InChI is InChI=1S/C8H18OSi2/c1-7(2,3)8(4,5)9-11(6)10/h1-6H3. The van der Waals surface area contributed by atoms with Crippen LogP contribution in [0.4, 0.5) is 0 Å². The third-order valence-corrected chi connectivity index (χ3v) is 3.34. The maximum absolute atomic E-state index is 5.82.